The normalized spacial score (nSPS) is 21.3. The summed E-state index contributed by atoms with van der Waals surface area (Å²) in [5.74, 6) is 1.77. The van der Waals surface area contributed by atoms with Crippen LogP contribution in [0.25, 0.3) is 0 Å². The van der Waals surface area contributed by atoms with E-state index < -0.39 is 0 Å². The van der Waals surface area contributed by atoms with Crippen molar-refractivity contribution in [1.82, 2.24) is 0 Å². The van der Waals surface area contributed by atoms with Crippen molar-refractivity contribution in [3.05, 3.63) is 36.9 Å². The monoisotopic (exact) mass is 306 g/mol. The minimum absolute atomic E-state index is 0.538. The minimum atomic E-state index is 0.538. The second-order valence-electron chi connectivity index (χ2n) is 6.08. The molecule has 0 aliphatic carbocycles. The van der Waals surface area contributed by atoms with Crippen molar-refractivity contribution in [3.8, 4) is 11.5 Å². The fraction of sp³-hybridized carbons (Fsp3) is 0.556. The molecular weight excluding hydrogens is 276 g/mol. The van der Waals surface area contributed by atoms with E-state index in [-0.39, 0.29) is 0 Å². The number of likely N-dealkylation sites (N-methyl/N-ethyl adjacent to an activating group) is 1. The van der Waals surface area contributed by atoms with Crippen molar-refractivity contribution in [2.45, 2.75) is 12.8 Å². The molecule has 22 heavy (non-hydrogen) atoms. The van der Waals surface area contributed by atoms with Gasteiger partial charge < -0.3 is 19.3 Å². The van der Waals surface area contributed by atoms with Crippen LogP contribution < -0.4 is 19.3 Å². The Morgan fingerprint density at radius 1 is 1.00 bits per heavy atom. The van der Waals surface area contributed by atoms with Gasteiger partial charge in [0, 0.05) is 0 Å². The SMILES string of the molecule is C=CCOc1ccc(OCCCC[NH+]2CC[NH+](C)CC2)cc1. The van der Waals surface area contributed by atoms with Gasteiger partial charge in [0.2, 0.25) is 0 Å². The summed E-state index contributed by atoms with van der Waals surface area (Å²) in [5, 5.41) is 0. The quantitative estimate of drug-likeness (QED) is 0.489. The zero-order valence-electron chi connectivity index (χ0n) is 13.8. The molecule has 2 rings (SSSR count). The van der Waals surface area contributed by atoms with Gasteiger partial charge in [-0.05, 0) is 37.1 Å². The minimum Gasteiger partial charge on any atom is -0.494 e. The average Bonchev–Trinajstić information content (AvgIpc) is 2.55. The van der Waals surface area contributed by atoms with E-state index in [1.807, 2.05) is 24.3 Å². The molecule has 0 atom stereocenters. The first-order valence-corrected chi connectivity index (χ1v) is 8.39. The summed E-state index contributed by atoms with van der Waals surface area (Å²) in [5.41, 5.74) is 0. The van der Waals surface area contributed by atoms with Gasteiger partial charge in [0.05, 0.1) is 20.2 Å². The van der Waals surface area contributed by atoms with E-state index in [9.17, 15) is 0 Å². The number of hydrogen-bond acceptors (Lipinski definition) is 2. The van der Waals surface area contributed by atoms with E-state index in [2.05, 4.69) is 13.6 Å². The van der Waals surface area contributed by atoms with Crippen LogP contribution in [-0.2, 0) is 0 Å². The molecule has 0 amide bonds. The van der Waals surface area contributed by atoms with Gasteiger partial charge in [0.1, 0.15) is 44.3 Å². The molecule has 1 saturated heterocycles. The predicted octanol–water partition coefficient (Wildman–Crippen LogP) is -0.176. The lowest BCUT2D eigenvalue weighted by atomic mass is 10.2. The van der Waals surface area contributed by atoms with Crippen molar-refractivity contribution in [3.63, 3.8) is 0 Å². The summed E-state index contributed by atoms with van der Waals surface area (Å²) in [6, 6.07) is 7.81. The van der Waals surface area contributed by atoms with Crippen LogP contribution in [0.2, 0.25) is 0 Å². The van der Waals surface area contributed by atoms with Crippen LogP contribution in [0.1, 0.15) is 12.8 Å². The number of ether oxygens (including phenoxy) is 2. The molecule has 0 unspecified atom stereocenters. The second-order valence-corrected chi connectivity index (χ2v) is 6.08. The fourth-order valence-electron chi connectivity index (χ4n) is 2.73. The third-order valence-electron chi connectivity index (χ3n) is 4.20. The van der Waals surface area contributed by atoms with Gasteiger partial charge in [-0.15, -0.1) is 0 Å². The number of rotatable bonds is 9. The largest absolute Gasteiger partial charge is 0.494 e. The number of benzene rings is 1. The molecule has 122 valence electrons. The van der Waals surface area contributed by atoms with Crippen molar-refractivity contribution in [2.24, 2.45) is 0 Å². The van der Waals surface area contributed by atoms with Crippen LogP contribution in [0, 0.1) is 0 Å². The highest BCUT2D eigenvalue weighted by Gasteiger charge is 2.18. The number of piperazine rings is 1. The Kier molecular flexibility index (Phi) is 7.26. The Morgan fingerprint density at radius 2 is 1.64 bits per heavy atom. The molecule has 4 nitrogen and oxygen atoms in total. The van der Waals surface area contributed by atoms with E-state index in [0.717, 1.165) is 24.5 Å². The fourth-order valence-corrected chi connectivity index (χ4v) is 2.73. The van der Waals surface area contributed by atoms with Crippen molar-refractivity contribution >= 4 is 0 Å². The first kappa shape index (κ1) is 16.8. The van der Waals surface area contributed by atoms with E-state index in [4.69, 9.17) is 9.47 Å². The van der Waals surface area contributed by atoms with Gasteiger partial charge in [-0.2, -0.15) is 0 Å². The molecule has 1 fully saturated rings. The van der Waals surface area contributed by atoms with E-state index in [1.165, 1.54) is 39.1 Å². The summed E-state index contributed by atoms with van der Waals surface area (Å²) in [7, 11) is 2.29. The molecular formula is C18H30N2O2+2. The first-order chi connectivity index (χ1) is 10.8. The van der Waals surface area contributed by atoms with Gasteiger partial charge >= 0.3 is 0 Å². The zero-order valence-corrected chi connectivity index (χ0v) is 13.8. The Morgan fingerprint density at radius 3 is 2.27 bits per heavy atom. The van der Waals surface area contributed by atoms with Gasteiger partial charge in [-0.25, -0.2) is 0 Å². The smallest absolute Gasteiger partial charge is 0.127 e. The Hall–Kier alpha value is -1.52. The van der Waals surface area contributed by atoms with Gasteiger partial charge in [-0.3, -0.25) is 0 Å². The van der Waals surface area contributed by atoms with Crippen LogP contribution in [0.4, 0.5) is 0 Å². The average molecular weight is 306 g/mol. The molecule has 0 radical (unpaired) electrons. The van der Waals surface area contributed by atoms with Crippen molar-refractivity contribution < 1.29 is 19.3 Å². The number of quaternary nitrogens is 2. The molecule has 1 aliphatic rings. The van der Waals surface area contributed by atoms with Crippen LogP contribution >= 0.6 is 0 Å². The van der Waals surface area contributed by atoms with Crippen molar-refractivity contribution in [2.75, 3.05) is 53.0 Å². The zero-order chi connectivity index (χ0) is 15.6. The molecule has 1 aliphatic heterocycles. The van der Waals surface area contributed by atoms with Gasteiger partial charge in [-0.1, -0.05) is 12.7 Å². The predicted molar refractivity (Wildman–Crippen MR) is 89.0 cm³/mol. The highest BCUT2D eigenvalue weighted by molar-refractivity contribution is 5.31. The Bertz CT molecular complexity index is 425. The number of unbranched alkanes of at least 4 members (excludes halogenated alkanes) is 1. The van der Waals surface area contributed by atoms with E-state index >= 15 is 0 Å². The first-order valence-electron chi connectivity index (χ1n) is 8.39. The van der Waals surface area contributed by atoms with E-state index in [1.54, 1.807) is 15.9 Å². The van der Waals surface area contributed by atoms with Crippen LogP contribution in [0.15, 0.2) is 36.9 Å². The molecule has 1 heterocycles. The van der Waals surface area contributed by atoms with Gasteiger partial charge in [0.15, 0.2) is 0 Å². The molecule has 1 aromatic carbocycles. The molecule has 0 spiro atoms. The summed E-state index contributed by atoms with van der Waals surface area (Å²) < 4.78 is 11.2. The maximum absolute atomic E-state index is 5.78. The summed E-state index contributed by atoms with van der Waals surface area (Å²) in [6.07, 6.45) is 4.11. The van der Waals surface area contributed by atoms with Gasteiger partial charge in [0.25, 0.3) is 0 Å². The summed E-state index contributed by atoms with van der Waals surface area (Å²) >= 11 is 0. The maximum atomic E-state index is 5.78. The highest BCUT2D eigenvalue weighted by Crippen LogP contribution is 2.17. The third-order valence-corrected chi connectivity index (χ3v) is 4.20. The lowest BCUT2D eigenvalue weighted by Crippen LogP contribution is -3.27. The standard InChI is InChI=1S/C18H28N2O2/c1-3-15-21-17-6-8-18(9-7-17)22-16-5-4-10-20-13-11-19(2)12-14-20/h3,6-9H,1,4-5,10-16H2,2H3/p+2. The Balaban J connectivity index is 1.55. The number of hydrogen-bond donors (Lipinski definition) is 2. The molecule has 1 aromatic rings. The molecule has 4 heteroatoms. The van der Waals surface area contributed by atoms with Crippen LogP contribution in [0.5, 0.6) is 11.5 Å². The lowest BCUT2D eigenvalue weighted by molar-refractivity contribution is -1.00. The topological polar surface area (TPSA) is 27.3 Å². The van der Waals surface area contributed by atoms with Crippen LogP contribution in [0.3, 0.4) is 0 Å². The Labute approximate surface area is 134 Å². The molecule has 0 bridgehead atoms. The maximum Gasteiger partial charge on any atom is 0.127 e. The summed E-state index contributed by atoms with van der Waals surface area (Å²) in [4.78, 5) is 3.43. The molecule has 2 N–H and O–H groups in total. The van der Waals surface area contributed by atoms with Crippen LogP contribution in [-0.4, -0.2) is 53.0 Å². The summed E-state index contributed by atoms with van der Waals surface area (Å²) in [6.45, 7) is 11.5. The molecule has 0 saturated carbocycles. The highest BCUT2D eigenvalue weighted by atomic mass is 16.5. The third kappa shape index (κ3) is 6.08. The molecule has 0 aromatic heterocycles. The second kappa shape index (κ2) is 9.49. The van der Waals surface area contributed by atoms with Crippen molar-refractivity contribution in [1.29, 1.82) is 0 Å². The number of nitrogens with one attached hydrogen (secondary N) is 2. The lowest BCUT2D eigenvalue weighted by Gasteiger charge is -2.27. The van der Waals surface area contributed by atoms with E-state index in [0.29, 0.717) is 6.61 Å².